The summed E-state index contributed by atoms with van der Waals surface area (Å²) in [5, 5.41) is 8.96. The molecule has 0 saturated heterocycles. The molecule has 0 saturated carbocycles. The molecule has 1 aromatic heterocycles. The number of nitriles is 1. The summed E-state index contributed by atoms with van der Waals surface area (Å²) in [5.41, 5.74) is 4.13. The third kappa shape index (κ3) is 1.64. The summed E-state index contributed by atoms with van der Waals surface area (Å²) in [6, 6.07) is 12.1. The Balaban J connectivity index is 2.64. The van der Waals surface area contributed by atoms with Gasteiger partial charge in [-0.05, 0) is 43.2 Å². The minimum absolute atomic E-state index is 0.670. The Morgan fingerprint density at radius 1 is 1.20 bits per heavy atom. The van der Waals surface area contributed by atoms with E-state index < -0.39 is 0 Å². The summed E-state index contributed by atoms with van der Waals surface area (Å²) < 4.78 is 1.92. The van der Waals surface area contributed by atoms with Gasteiger partial charge in [0.1, 0.15) is 11.8 Å². The third-order valence-electron chi connectivity index (χ3n) is 2.49. The maximum atomic E-state index is 8.96. The van der Waals surface area contributed by atoms with Crippen molar-refractivity contribution >= 4 is 0 Å². The van der Waals surface area contributed by atoms with Crippen LogP contribution in [0.5, 0.6) is 0 Å². The molecule has 1 heterocycles. The van der Waals surface area contributed by atoms with E-state index in [-0.39, 0.29) is 0 Å². The van der Waals surface area contributed by atoms with Crippen LogP contribution in [0, 0.1) is 25.2 Å². The maximum Gasteiger partial charge on any atom is 0.124 e. The van der Waals surface area contributed by atoms with Crippen LogP contribution in [0.25, 0.3) is 5.69 Å². The summed E-state index contributed by atoms with van der Waals surface area (Å²) in [6.07, 6.45) is 1.92. The van der Waals surface area contributed by atoms with E-state index in [2.05, 4.69) is 38.1 Å². The number of aromatic nitrogens is 1. The molecule has 0 aliphatic rings. The molecule has 0 fully saturated rings. The minimum Gasteiger partial charge on any atom is -0.308 e. The van der Waals surface area contributed by atoms with Gasteiger partial charge in [-0.3, -0.25) is 0 Å². The average molecular weight is 196 g/mol. The zero-order valence-electron chi connectivity index (χ0n) is 8.86. The maximum absolute atomic E-state index is 8.96. The van der Waals surface area contributed by atoms with E-state index >= 15 is 0 Å². The molecule has 1 aromatic carbocycles. The summed E-state index contributed by atoms with van der Waals surface area (Å²) in [7, 11) is 0. The Kier molecular flexibility index (Phi) is 2.31. The highest BCUT2D eigenvalue weighted by Crippen LogP contribution is 2.18. The SMILES string of the molecule is Cc1ccc(C)c(-n2cccc2C#N)c1. The average Bonchev–Trinajstić information content (AvgIpc) is 2.69. The Labute approximate surface area is 89.4 Å². The molecule has 0 unspecified atom stereocenters. The second-order valence-electron chi connectivity index (χ2n) is 3.67. The van der Waals surface area contributed by atoms with Crippen LogP contribution in [0.4, 0.5) is 0 Å². The van der Waals surface area contributed by atoms with Crippen LogP contribution in [0.3, 0.4) is 0 Å². The topological polar surface area (TPSA) is 28.7 Å². The monoisotopic (exact) mass is 196 g/mol. The van der Waals surface area contributed by atoms with Crippen LogP contribution in [0.15, 0.2) is 36.5 Å². The molecule has 74 valence electrons. The van der Waals surface area contributed by atoms with Crippen LogP contribution in [-0.4, -0.2) is 4.57 Å². The van der Waals surface area contributed by atoms with Crippen LogP contribution >= 0.6 is 0 Å². The second kappa shape index (κ2) is 3.62. The zero-order chi connectivity index (χ0) is 10.8. The molecule has 2 rings (SSSR count). The van der Waals surface area contributed by atoms with Gasteiger partial charge in [0.2, 0.25) is 0 Å². The molecule has 0 aliphatic carbocycles. The van der Waals surface area contributed by atoms with E-state index in [0.29, 0.717) is 5.69 Å². The smallest absolute Gasteiger partial charge is 0.124 e. The van der Waals surface area contributed by atoms with Crippen LogP contribution in [0.2, 0.25) is 0 Å². The summed E-state index contributed by atoms with van der Waals surface area (Å²) in [4.78, 5) is 0. The zero-order valence-corrected chi connectivity index (χ0v) is 8.86. The predicted molar refractivity (Wildman–Crippen MR) is 60.0 cm³/mol. The van der Waals surface area contributed by atoms with Gasteiger partial charge in [-0.15, -0.1) is 0 Å². The van der Waals surface area contributed by atoms with Crippen molar-refractivity contribution in [2.75, 3.05) is 0 Å². The molecule has 0 aliphatic heterocycles. The largest absolute Gasteiger partial charge is 0.308 e. The molecule has 0 bridgehead atoms. The molecule has 0 radical (unpaired) electrons. The quantitative estimate of drug-likeness (QED) is 0.689. The van der Waals surface area contributed by atoms with Gasteiger partial charge in [0.05, 0.1) is 0 Å². The van der Waals surface area contributed by atoms with Crippen molar-refractivity contribution in [3.05, 3.63) is 53.3 Å². The lowest BCUT2D eigenvalue weighted by Crippen LogP contribution is -1.98. The lowest BCUT2D eigenvalue weighted by atomic mass is 10.1. The van der Waals surface area contributed by atoms with E-state index in [1.54, 1.807) is 0 Å². The lowest BCUT2D eigenvalue weighted by Gasteiger charge is -2.09. The third-order valence-corrected chi connectivity index (χ3v) is 2.49. The first-order valence-electron chi connectivity index (χ1n) is 4.87. The second-order valence-corrected chi connectivity index (χ2v) is 3.67. The molecule has 0 atom stereocenters. The van der Waals surface area contributed by atoms with Gasteiger partial charge in [-0.25, -0.2) is 0 Å². The van der Waals surface area contributed by atoms with Crippen molar-refractivity contribution in [3.8, 4) is 11.8 Å². The fourth-order valence-electron chi connectivity index (χ4n) is 1.66. The van der Waals surface area contributed by atoms with Crippen molar-refractivity contribution in [3.63, 3.8) is 0 Å². The van der Waals surface area contributed by atoms with Gasteiger partial charge < -0.3 is 4.57 Å². The molecular formula is C13H12N2. The number of nitrogens with zero attached hydrogens (tertiary/aromatic N) is 2. The Morgan fingerprint density at radius 2 is 2.00 bits per heavy atom. The molecular weight excluding hydrogens is 184 g/mol. The van der Waals surface area contributed by atoms with Gasteiger partial charge in [0, 0.05) is 11.9 Å². The Hall–Kier alpha value is -2.01. The van der Waals surface area contributed by atoms with Gasteiger partial charge in [-0.1, -0.05) is 12.1 Å². The number of aryl methyl sites for hydroxylation is 2. The van der Waals surface area contributed by atoms with Crippen molar-refractivity contribution in [1.29, 1.82) is 5.26 Å². The van der Waals surface area contributed by atoms with Crippen molar-refractivity contribution < 1.29 is 0 Å². The molecule has 2 heteroatoms. The van der Waals surface area contributed by atoms with Gasteiger partial charge >= 0.3 is 0 Å². The Bertz CT molecular complexity index is 530. The molecule has 15 heavy (non-hydrogen) atoms. The molecule has 0 spiro atoms. The van der Waals surface area contributed by atoms with Gasteiger partial charge in [-0.2, -0.15) is 5.26 Å². The molecule has 2 aromatic rings. The van der Waals surface area contributed by atoms with Crippen LogP contribution in [-0.2, 0) is 0 Å². The minimum atomic E-state index is 0.670. The van der Waals surface area contributed by atoms with Gasteiger partial charge in [0.15, 0.2) is 0 Å². The van der Waals surface area contributed by atoms with E-state index in [0.717, 1.165) is 5.69 Å². The summed E-state index contributed by atoms with van der Waals surface area (Å²) in [5.74, 6) is 0. The fraction of sp³-hybridized carbons (Fsp3) is 0.154. The Morgan fingerprint density at radius 3 is 2.73 bits per heavy atom. The van der Waals surface area contributed by atoms with Crippen LogP contribution < -0.4 is 0 Å². The summed E-state index contributed by atoms with van der Waals surface area (Å²) >= 11 is 0. The highest BCUT2D eigenvalue weighted by Gasteiger charge is 2.04. The first-order chi connectivity index (χ1) is 7.22. The lowest BCUT2D eigenvalue weighted by molar-refractivity contribution is 1.03. The highest BCUT2D eigenvalue weighted by atomic mass is 15.0. The van der Waals surface area contributed by atoms with E-state index in [9.17, 15) is 0 Å². The number of benzene rings is 1. The fourth-order valence-corrected chi connectivity index (χ4v) is 1.66. The normalized spacial score (nSPS) is 9.93. The van der Waals surface area contributed by atoms with Crippen molar-refractivity contribution in [2.45, 2.75) is 13.8 Å². The van der Waals surface area contributed by atoms with E-state index in [1.807, 2.05) is 22.9 Å². The molecule has 0 N–H and O–H groups in total. The summed E-state index contributed by atoms with van der Waals surface area (Å²) in [6.45, 7) is 4.11. The highest BCUT2D eigenvalue weighted by molar-refractivity contribution is 5.46. The van der Waals surface area contributed by atoms with Gasteiger partial charge in [0.25, 0.3) is 0 Å². The molecule has 0 amide bonds. The predicted octanol–water partition coefficient (Wildman–Crippen LogP) is 2.97. The van der Waals surface area contributed by atoms with Crippen molar-refractivity contribution in [1.82, 2.24) is 4.57 Å². The number of hydrogen-bond donors (Lipinski definition) is 0. The standard InChI is InChI=1S/C13H12N2/c1-10-5-6-11(2)13(8-10)15-7-3-4-12(15)9-14/h3-8H,1-2H3. The van der Waals surface area contributed by atoms with Crippen molar-refractivity contribution in [2.24, 2.45) is 0 Å². The first-order valence-corrected chi connectivity index (χ1v) is 4.87. The number of hydrogen-bond acceptors (Lipinski definition) is 1. The van der Waals surface area contributed by atoms with E-state index in [1.165, 1.54) is 11.1 Å². The van der Waals surface area contributed by atoms with E-state index in [4.69, 9.17) is 5.26 Å². The first kappa shape index (κ1) is 9.54. The number of rotatable bonds is 1. The molecule has 2 nitrogen and oxygen atoms in total. The van der Waals surface area contributed by atoms with Crippen LogP contribution in [0.1, 0.15) is 16.8 Å².